The minimum absolute atomic E-state index is 0.0595. The molecule has 1 N–H and O–H groups in total. The van der Waals surface area contributed by atoms with Gasteiger partial charge in [0, 0.05) is 11.3 Å². The minimum Gasteiger partial charge on any atom is -0.324 e. The fourth-order valence-corrected chi connectivity index (χ4v) is 3.36. The van der Waals surface area contributed by atoms with Gasteiger partial charge in [0.15, 0.2) is 5.78 Å². The van der Waals surface area contributed by atoms with Crippen molar-refractivity contribution in [2.45, 2.75) is 32.7 Å². The zero-order valence-electron chi connectivity index (χ0n) is 14.2. The number of nitrogens with zero attached hydrogens (tertiary/aromatic N) is 1. The first kappa shape index (κ1) is 17.1. The number of hydrogen-bond donors (Lipinski definition) is 1. The van der Waals surface area contributed by atoms with Gasteiger partial charge in [-0.3, -0.25) is 24.1 Å². The van der Waals surface area contributed by atoms with Gasteiger partial charge in [0.25, 0.3) is 0 Å². The van der Waals surface area contributed by atoms with Gasteiger partial charge in [-0.25, -0.2) is 0 Å². The number of amides is 3. The number of rotatable bonds is 4. The second kappa shape index (κ2) is 6.63. The molecule has 0 unspecified atom stereocenters. The Kier molecular flexibility index (Phi) is 4.53. The maximum Gasteiger partial charge on any atom is 0.247 e. The SMILES string of the molecule is CC(=O)c1ccc(NC(=O)[C@H](C)N2C(=O)[C@H]3CC=CC[C@@H]3C2=O)cc1. The molecule has 1 saturated heterocycles. The molecule has 6 heteroatoms. The van der Waals surface area contributed by atoms with Gasteiger partial charge in [-0.15, -0.1) is 0 Å². The molecule has 0 radical (unpaired) electrons. The summed E-state index contributed by atoms with van der Waals surface area (Å²) in [7, 11) is 0. The van der Waals surface area contributed by atoms with E-state index in [-0.39, 0.29) is 29.4 Å². The van der Waals surface area contributed by atoms with Gasteiger partial charge in [0.05, 0.1) is 11.8 Å². The van der Waals surface area contributed by atoms with Crippen LogP contribution in [-0.4, -0.2) is 34.4 Å². The molecule has 1 fully saturated rings. The third kappa shape index (κ3) is 3.12. The van der Waals surface area contributed by atoms with E-state index in [1.54, 1.807) is 31.2 Å². The maximum absolute atomic E-state index is 12.5. The molecule has 1 heterocycles. The monoisotopic (exact) mass is 340 g/mol. The smallest absolute Gasteiger partial charge is 0.247 e. The first-order valence-corrected chi connectivity index (χ1v) is 8.34. The molecule has 0 spiro atoms. The molecule has 0 aromatic heterocycles. The maximum atomic E-state index is 12.5. The van der Waals surface area contributed by atoms with Crippen molar-refractivity contribution in [3.8, 4) is 0 Å². The highest BCUT2D eigenvalue weighted by Gasteiger charge is 2.50. The quantitative estimate of drug-likeness (QED) is 0.517. The Bertz CT molecular complexity index is 740. The Morgan fingerprint density at radius 1 is 1.04 bits per heavy atom. The van der Waals surface area contributed by atoms with Gasteiger partial charge in [0.2, 0.25) is 17.7 Å². The predicted octanol–water partition coefficient (Wildman–Crippen LogP) is 2.17. The number of Topliss-reactive ketones (excluding diaryl/α,β-unsaturated/α-hetero) is 1. The van der Waals surface area contributed by atoms with Crippen molar-refractivity contribution in [2.24, 2.45) is 11.8 Å². The molecule has 0 saturated carbocycles. The first-order chi connectivity index (χ1) is 11.9. The number of ketones is 1. The van der Waals surface area contributed by atoms with Gasteiger partial charge in [0.1, 0.15) is 6.04 Å². The number of carbonyl (C=O) groups is 4. The Hall–Kier alpha value is -2.76. The molecule has 3 amide bonds. The number of hydrogen-bond acceptors (Lipinski definition) is 4. The summed E-state index contributed by atoms with van der Waals surface area (Å²) in [5, 5.41) is 2.70. The van der Waals surface area contributed by atoms with Crippen molar-refractivity contribution in [2.75, 3.05) is 5.32 Å². The summed E-state index contributed by atoms with van der Waals surface area (Å²) in [4.78, 5) is 49.9. The van der Waals surface area contributed by atoms with Gasteiger partial charge in [-0.1, -0.05) is 12.2 Å². The van der Waals surface area contributed by atoms with Crippen LogP contribution in [0.2, 0.25) is 0 Å². The van der Waals surface area contributed by atoms with Crippen LogP contribution in [0.1, 0.15) is 37.0 Å². The van der Waals surface area contributed by atoms with Gasteiger partial charge in [-0.2, -0.15) is 0 Å². The Labute approximate surface area is 145 Å². The zero-order valence-corrected chi connectivity index (χ0v) is 14.2. The summed E-state index contributed by atoms with van der Waals surface area (Å²) in [5.74, 6) is -1.72. The van der Waals surface area contributed by atoms with Crippen molar-refractivity contribution in [1.82, 2.24) is 4.90 Å². The van der Waals surface area contributed by atoms with E-state index in [0.717, 1.165) is 4.90 Å². The summed E-state index contributed by atoms with van der Waals surface area (Å²) >= 11 is 0. The molecule has 25 heavy (non-hydrogen) atoms. The van der Waals surface area contributed by atoms with Crippen LogP contribution in [0.3, 0.4) is 0 Å². The summed E-state index contributed by atoms with van der Waals surface area (Å²) in [6, 6.07) is 5.61. The Balaban J connectivity index is 1.71. The van der Waals surface area contributed by atoms with Crippen LogP contribution < -0.4 is 5.32 Å². The van der Waals surface area contributed by atoms with E-state index in [4.69, 9.17) is 0 Å². The Morgan fingerprint density at radius 3 is 2.04 bits per heavy atom. The molecule has 6 nitrogen and oxygen atoms in total. The standard InChI is InChI=1S/C19H20N2O4/c1-11(17(23)20-14-9-7-13(8-10-14)12(2)22)21-18(24)15-5-3-4-6-16(15)19(21)25/h3-4,7-11,15-16H,5-6H2,1-2H3,(H,20,23)/t11-,15-,16-/m0/s1. The molecule has 1 aliphatic heterocycles. The molecular formula is C19H20N2O4. The first-order valence-electron chi connectivity index (χ1n) is 8.34. The number of nitrogens with one attached hydrogen (secondary N) is 1. The van der Waals surface area contributed by atoms with E-state index in [9.17, 15) is 19.2 Å². The topological polar surface area (TPSA) is 83.6 Å². The molecular weight excluding hydrogens is 320 g/mol. The molecule has 3 atom stereocenters. The lowest BCUT2D eigenvalue weighted by Gasteiger charge is -2.22. The van der Waals surface area contributed by atoms with Gasteiger partial charge >= 0.3 is 0 Å². The van der Waals surface area contributed by atoms with E-state index in [0.29, 0.717) is 24.1 Å². The summed E-state index contributed by atoms with van der Waals surface area (Å²) in [6.45, 7) is 3.02. The average molecular weight is 340 g/mol. The van der Waals surface area contributed by atoms with Crippen LogP contribution in [0.25, 0.3) is 0 Å². The van der Waals surface area contributed by atoms with Crippen LogP contribution in [0.15, 0.2) is 36.4 Å². The van der Waals surface area contributed by atoms with E-state index < -0.39 is 11.9 Å². The van der Waals surface area contributed by atoms with Gasteiger partial charge < -0.3 is 5.32 Å². The van der Waals surface area contributed by atoms with Crippen molar-refractivity contribution in [3.63, 3.8) is 0 Å². The summed E-state index contributed by atoms with van der Waals surface area (Å²) < 4.78 is 0. The van der Waals surface area contributed by atoms with E-state index >= 15 is 0 Å². The lowest BCUT2D eigenvalue weighted by Crippen LogP contribution is -2.46. The lowest BCUT2D eigenvalue weighted by atomic mass is 9.85. The largest absolute Gasteiger partial charge is 0.324 e. The van der Waals surface area contributed by atoms with Crippen LogP contribution in [0, 0.1) is 11.8 Å². The highest BCUT2D eigenvalue weighted by Crippen LogP contribution is 2.36. The number of fused-ring (bicyclic) bond motifs is 1. The van der Waals surface area contributed by atoms with Crippen molar-refractivity contribution in [1.29, 1.82) is 0 Å². The number of likely N-dealkylation sites (tertiary alicyclic amines) is 1. The number of imide groups is 1. The summed E-state index contributed by atoms with van der Waals surface area (Å²) in [5.41, 5.74) is 1.06. The fourth-order valence-electron chi connectivity index (χ4n) is 3.36. The highest BCUT2D eigenvalue weighted by molar-refractivity contribution is 6.10. The third-order valence-corrected chi connectivity index (χ3v) is 4.87. The van der Waals surface area contributed by atoms with Crippen LogP contribution in [-0.2, 0) is 14.4 Å². The number of allylic oxidation sites excluding steroid dienone is 2. The fraction of sp³-hybridized carbons (Fsp3) is 0.368. The average Bonchev–Trinajstić information content (AvgIpc) is 2.86. The normalized spacial score (nSPS) is 23.4. The molecule has 3 rings (SSSR count). The molecule has 1 aromatic rings. The highest BCUT2D eigenvalue weighted by atomic mass is 16.2. The molecule has 1 aliphatic carbocycles. The second-order valence-corrected chi connectivity index (χ2v) is 6.50. The van der Waals surface area contributed by atoms with Crippen molar-refractivity contribution in [3.05, 3.63) is 42.0 Å². The van der Waals surface area contributed by atoms with E-state index in [1.165, 1.54) is 6.92 Å². The molecule has 2 aliphatic rings. The van der Waals surface area contributed by atoms with Crippen LogP contribution >= 0.6 is 0 Å². The molecule has 1 aromatic carbocycles. The van der Waals surface area contributed by atoms with E-state index in [2.05, 4.69) is 5.32 Å². The lowest BCUT2D eigenvalue weighted by molar-refractivity contribution is -0.146. The van der Waals surface area contributed by atoms with Crippen LogP contribution in [0.5, 0.6) is 0 Å². The van der Waals surface area contributed by atoms with Gasteiger partial charge in [-0.05, 0) is 51.0 Å². The van der Waals surface area contributed by atoms with Crippen molar-refractivity contribution >= 4 is 29.2 Å². The zero-order chi connectivity index (χ0) is 18.1. The molecule has 0 bridgehead atoms. The summed E-state index contributed by atoms with van der Waals surface area (Å²) in [6.07, 6.45) is 4.92. The van der Waals surface area contributed by atoms with Crippen molar-refractivity contribution < 1.29 is 19.2 Å². The molecule has 130 valence electrons. The number of carbonyl (C=O) groups excluding carboxylic acids is 4. The van der Waals surface area contributed by atoms with Crippen LogP contribution in [0.4, 0.5) is 5.69 Å². The number of anilines is 1. The Morgan fingerprint density at radius 2 is 1.56 bits per heavy atom. The third-order valence-electron chi connectivity index (χ3n) is 4.87. The number of benzene rings is 1. The predicted molar refractivity (Wildman–Crippen MR) is 91.7 cm³/mol. The minimum atomic E-state index is -0.877. The van der Waals surface area contributed by atoms with E-state index in [1.807, 2.05) is 12.2 Å². The second-order valence-electron chi connectivity index (χ2n) is 6.50.